The number of hydrogen-bond acceptors (Lipinski definition) is 4. The first-order valence-corrected chi connectivity index (χ1v) is 7.31. The number of pyridine rings is 1. The molecule has 0 spiro atoms. The van der Waals surface area contributed by atoms with Crippen molar-refractivity contribution < 1.29 is 9.53 Å². The Morgan fingerprint density at radius 2 is 2.19 bits per heavy atom. The number of nitrogens with one attached hydrogen (secondary N) is 1. The van der Waals surface area contributed by atoms with Crippen molar-refractivity contribution in [3.8, 4) is 5.75 Å². The fourth-order valence-corrected chi connectivity index (χ4v) is 2.07. The van der Waals surface area contributed by atoms with Gasteiger partial charge in [0.1, 0.15) is 5.75 Å². The van der Waals surface area contributed by atoms with Gasteiger partial charge < -0.3 is 15.8 Å². The Morgan fingerprint density at radius 1 is 1.43 bits per heavy atom. The van der Waals surface area contributed by atoms with Gasteiger partial charge in [-0.05, 0) is 34.1 Å². The first-order chi connectivity index (χ1) is 10.1. The average molecular weight is 371 g/mol. The second-order valence-corrected chi connectivity index (χ2v) is 5.45. The summed E-state index contributed by atoms with van der Waals surface area (Å²) in [5.74, 6) is 0.346. The van der Waals surface area contributed by atoms with E-state index in [9.17, 15) is 4.79 Å². The smallest absolute Gasteiger partial charge is 0.227 e. The van der Waals surface area contributed by atoms with Gasteiger partial charge in [0.25, 0.3) is 0 Å². The first kappa shape index (κ1) is 15.6. The topological polar surface area (TPSA) is 77.2 Å². The monoisotopic (exact) mass is 369 g/mol. The molecule has 0 bridgehead atoms. The summed E-state index contributed by atoms with van der Waals surface area (Å²) in [6.07, 6.45) is 1.73. The Morgan fingerprint density at radius 3 is 2.95 bits per heavy atom. The third-order valence-corrected chi connectivity index (χ3v) is 3.32. The molecule has 1 amide bonds. The molecule has 0 aliphatic carbocycles. The molecule has 110 valence electrons. The molecule has 1 heterocycles. The minimum atomic E-state index is -0.216. The van der Waals surface area contributed by atoms with Crippen LogP contribution in [0.1, 0.15) is 6.42 Å². The highest BCUT2D eigenvalue weighted by Crippen LogP contribution is 2.23. The number of carbonyl (C=O) groups is 1. The lowest BCUT2D eigenvalue weighted by atomic mass is 10.3. The van der Waals surface area contributed by atoms with Gasteiger partial charge in [-0.25, -0.2) is 4.98 Å². The molecule has 0 radical (unpaired) electrons. The van der Waals surface area contributed by atoms with Gasteiger partial charge >= 0.3 is 0 Å². The maximum absolute atomic E-state index is 11.8. The van der Waals surface area contributed by atoms with E-state index in [1.54, 1.807) is 24.4 Å². The number of ether oxygens (including phenoxy) is 1. The number of nitrogens with zero attached hydrogens (tertiary/aromatic N) is 1. The summed E-state index contributed by atoms with van der Waals surface area (Å²) in [6, 6.07) is 8.81. The molecular formula is C14H13BrClN3O2. The van der Waals surface area contributed by atoms with Gasteiger partial charge in [0.05, 0.1) is 24.4 Å². The van der Waals surface area contributed by atoms with Crippen molar-refractivity contribution in [3.05, 3.63) is 46.2 Å². The van der Waals surface area contributed by atoms with Gasteiger partial charge in [0, 0.05) is 10.7 Å². The Balaban J connectivity index is 1.85. The maximum Gasteiger partial charge on any atom is 0.227 e. The molecule has 21 heavy (non-hydrogen) atoms. The van der Waals surface area contributed by atoms with E-state index in [4.69, 9.17) is 22.1 Å². The van der Waals surface area contributed by atoms with Gasteiger partial charge in [-0.1, -0.05) is 23.7 Å². The highest BCUT2D eigenvalue weighted by atomic mass is 79.9. The van der Waals surface area contributed by atoms with Crippen molar-refractivity contribution in [2.45, 2.75) is 6.42 Å². The summed E-state index contributed by atoms with van der Waals surface area (Å²) < 4.78 is 6.19. The molecule has 1 aromatic heterocycles. The fourth-order valence-electron chi connectivity index (χ4n) is 1.59. The summed E-state index contributed by atoms with van der Waals surface area (Å²) in [5.41, 5.74) is 6.73. The highest BCUT2D eigenvalue weighted by Gasteiger charge is 2.08. The molecular weight excluding hydrogens is 358 g/mol. The summed E-state index contributed by atoms with van der Waals surface area (Å²) in [4.78, 5) is 15.8. The van der Waals surface area contributed by atoms with E-state index in [0.29, 0.717) is 17.1 Å². The van der Waals surface area contributed by atoms with Gasteiger partial charge in [-0.3, -0.25) is 4.79 Å². The second kappa shape index (κ2) is 7.28. The molecule has 0 atom stereocenters. The third-order valence-electron chi connectivity index (χ3n) is 2.59. The van der Waals surface area contributed by atoms with Crippen molar-refractivity contribution in [3.63, 3.8) is 0 Å². The zero-order valence-electron chi connectivity index (χ0n) is 11.0. The molecule has 1 aromatic carbocycles. The second-order valence-electron chi connectivity index (χ2n) is 4.18. The van der Waals surface area contributed by atoms with E-state index < -0.39 is 0 Å². The van der Waals surface area contributed by atoms with Crippen LogP contribution in [-0.4, -0.2) is 17.5 Å². The van der Waals surface area contributed by atoms with Crippen LogP contribution in [-0.2, 0) is 4.79 Å². The Bertz CT molecular complexity index is 652. The number of para-hydroxylation sites is 2. The summed E-state index contributed by atoms with van der Waals surface area (Å²) in [5, 5.41) is 2.91. The third kappa shape index (κ3) is 4.61. The van der Waals surface area contributed by atoms with Gasteiger partial charge in [0.15, 0.2) is 5.15 Å². The first-order valence-electron chi connectivity index (χ1n) is 6.14. The molecule has 0 saturated heterocycles. The summed E-state index contributed by atoms with van der Waals surface area (Å²) >= 11 is 9.16. The molecule has 0 saturated carbocycles. The van der Waals surface area contributed by atoms with E-state index in [1.807, 2.05) is 12.1 Å². The van der Waals surface area contributed by atoms with Crippen LogP contribution in [0.25, 0.3) is 0 Å². The molecule has 0 aliphatic rings. The van der Waals surface area contributed by atoms with Crippen LogP contribution in [0, 0.1) is 0 Å². The zero-order valence-corrected chi connectivity index (χ0v) is 13.3. The predicted molar refractivity (Wildman–Crippen MR) is 86.5 cm³/mol. The van der Waals surface area contributed by atoms with Crippen LogP contribution in [0.15, 0.2) is 41.0 Å². The number of rotatable bonds is 5. The molecule has 0 aliphatic heterocycles. The minimum Gasteiger partial charge on any atom is -0.491 e. The van der Waals surface area contributed by atoms with Gasteiger partial charge in [0.2, 0.25) is 5.91 Å². The van der Waals surface area contributed by atoms with Crippen LogP contribution >= 0.6 is 27.5 Å². The highest BCUT2D eigenvalue weighted by molar-refractivity contribution is 9.10. The number of benzene rings is 1. The largest absolute Gasteiger partial charge is 0.491 e. The predicted octanol–water partition coefficient (Wildman–Crippen LogP) is 3.49. The number of halogens is 2. The quantitative estimate of drug-likeness (QED) is 0.624. The molecule has 5 nitrogen and oxygen atoms in total. The van der Waals surface area contributed by atoms with Crippen LogP contribution in [0.4, 0.5) is 11.4 Å². The van der Waals surface area contributed by atoms with Crippen molar-refractivity contribution in [2.75, 3.05) is 17.7 Å². The Hall–Kier alpha value is -1.79. The maximum atomic E-state index is 11.8. The van der Waals surface area contributed by atoms with Crippen molar-refractivity contribution in [2.24, 2.45) is 0 Å². The molecule has 0 unspecified atom stereocenters. The normalized spacial score (nSPS) is 10.2. The molecule has 2 aromatic rings. The minimum absolute atomic E-state index is 0.178. The molecule has 2 rings (SSSR count). The lowest BCUT2D eigenvalue weighted by Gasteiger charge is -2.09. The van der Waals surface area contributed by atoms with Crippen molar-refractivity contribution in [1.29, 1.82) is 0 Å². The van der Waals surface area contributed by atoms with E-state index in [2.05, 4.69) is 26.2 Å². The van der Waals surface area contributed by atoms with E-state index >= 15 is 0 Å². The van der Waals surface area contributed by atoms with Crippen LogP contribution in [0.3, 0.4) is 0 Å². The van der Waals surface area contributed by atoms with Crippen molar-refractivity contribution in [1.82, 2.24) is 4.98 Å². The standard InChI is InChI=1S/C14H13BrClN3O2/c15-9-7-11(14(16)18-8-9)19-13(20)5-6-21-12-4-2-1-3-10(12)17/h1-4,7-8H,5-6,17H2,(H,19,20). The Kier molecular flexibility index (Phi) is 5.41. The number of nitrogens with two attached hydrogens (primary N) is 1. The van der Waals surface area contributed by atoms with Crippen LogP contribution in [0.5, 0.6) is 5.75 Å². The number of aromatic nitrogens is 1. The van der Waals surface area contributed by atoms with Crippen LogP contribution in [0.2, 0.25) is 5.15 Å². The Labute approximate surface area is 135 Å². The number of carbonyl (C=O) groups excluding carboxylic acids is 1. The summed E-state index contributed by atoms with van der Waals surface area (Å²) in [6.45, 7) is 0.221. The van der Waals surface area contributed by atoms with E-state index in [1.165, 1.54) is 0 Å². The number of anilines is 2. The summed E-state index contributed by atoms with van der Waals surface area (Å²) in [7, 11) is 0. The molecule has 0 fully saturated rings. The average Bonchev–Trinajstić information content (AvgIpc) is 2.45. The SMILES string of the molecule is Nc1ccccc1OCCC(=O)Nc1cc(Br)cnc1Cl. The van der Waals surface area contributed by atoms with E-state index in [0.717, 1.165) is 4.47 Å². The lowest BCUT2D eigenvalue weighted by Crippen LogP contribution is -2.16. The number of amides is 1. The number of hydrogen-bond donors (Lipinski definition) is 2. The number of nitrogen functional groups attached to an aromatic ring is 1. The van der Waals surface area contributed by atoms with E-state index in [-0.39, 0.29) is 24.1 Å². The van der Waals surface area contributed by atoms with Gasteiger partial charge in [-0.15, -0.1) is 0 Å². The van der Waals surface area contributed by atoms with Crippen LogP contribution < -0.4 is 15.8 Å². The molecule has 7 heteroatoms. The zero-order chi connectivity index (χ0) is 15.2. The lowest BCUT2D eigenvalue weighted by molar-refractivity contribution is -0.116. The van der Waals surface area contributed by atoms with Gasteiger partial charge in [-0.2, -0.15) is 0 Å². The fraction of sp³-hybridized carbons (Fsp3) is 0.143. The molecule has 3 N–H and O–H groups in total. The van der Waals surface area contributed by atoms with Crippen molar-refractivity contribution >= 4 is 44.8 Å².